The number of ether oxygens (including phenoxy) is 2. The van der Waals surface area contributed by atoms with Crippen molar-refractivity contribution in [3.63, 3.8) is 0 Å². The molecule has 0 aliphatic rings. The van der Waals surface area contributed by atoms with Crippen LogP contribution in [0.25, 0.3) is 0 Å². The molecule has 0 saturated carbocycles. The van der Waals surface area contributed by atoms with Gasteiger partial charge in [0.1, 0.15) is 11.2 Å². The molecule has 2 N–H and O–H groups in total. The Morgan fingerprint density at radius 2 is 1.43 bits per heavy atom. The average Bonchev–Trinajstić information content (AvgIpc) is 2.66. The molecule has 0 aliphatic carbocycles. The summed E-state index contributed by atoms with van der Waals surface area (Å²) in [6.45, 7) is 15.9. The quantitative estimate of drug-likeness (QED) is 0.384. The number of hydrogen-bond acceptors (Lipinski definition) is 6. The Morgan fingerprint density at radius 1 is 0.886 bits per heavy atom. The van der Waals surface area contributed by atoms with Crippen molar-refractivity contribution in [2.24, 2.45) is 5.92 Å². The largest absolute Gasteiger partial charge is 0.444 e. The number of nitrogens with one attached hydrogen (secondary N) is 2. The van der Waals surface area contributed by atoms with Crippen molar-refractivity contribution in [3.05, 3.63) is 24.3 Å². The van der Waals surface area contributed by atoms with Crippen LogP contribution in [0.15, 0.2) is 29.2 Å². The molecule has 0 bridgehead atoms. The first-order chi connectivity index (χ1) is 16.0. The molecular weight excluding hydrogens is 470 g/mol. The molecule has 200 valence electrons. The van der Waals surface area contributed by atoms with Gasteiger partial charge in [-0.15, -0.1) is 0 Å². The third-order valence-corrected chi connectivity index (χ3v) is 6.34. The van der Waals surface area contributed by atoms with Crippen LogP contribution in [0.5, 0.6) is 0 Å². The van der Waals surface area contributed by atoms with Crippen LogP contribution in [0, 0.1) is 5.92 Å². The highest BCUT2D eigenvalue weighted by Gasteiger charge is 2.25. The van der Waals surface area contributed by atoms with E-state index >= 15 is 0 Å². The van der Waals surface area contributed by atoms with Crippen molar-refractivity contribution in [1.82, 2.24) is 9.62 Å². The number of unbranched alkanes of at least 4 members (excludes halogenated alkanes) is 2. The number of benzene rings is 1. The van der Waals surface area contributed by atoms with Crippen molar-refractivity contribution < 1.29 is 27.5 Å². The van der Waals surface area contributed by atoms with Crippen LogP contribution < -0.4 is 10.6 Å². The van der Waals surface area contributed by atoms with E-state index in [0.717, 1.165) is 12.8 Å². The van der Waals surface area contributed by atoms with Gasteiger partial charge in [0.25, 0.3) is 0 Å². The van der Waals surface area contributed by atoms with Gasteiger partial charge in [0.15, 0.2) is 0 Å². The Hall–Kier alpha value is -2.33. The van der Waals surface area contributed by atoms with Crippen molar-refractivity contribution in [1.29, 1.82) is 0 Å². The predicted octanol–water partition coefficient (Wildman–Crippen LogP) is 5.38. The summed E-state index contributed by atoms with van der Waals surface area (Å²) < 4.78 is 38.5. The summed E-state index contributed by atoms with van der Waals surface area (Å²) in [7, 11) is -3.70. The van der Waals surface area contributed by atoms with Gasteiger partial charge in [0.05, 0.1) is 4.90 Å². The van der Waals surface area contributed by atoms with Crippen molar-refractivity contribution in [2.75, 3.05) is 25.0 Å². The monoisotopic (exact) mass is 513 g/mol. The lowest BCUT2D eigenvalue weighted by Gasteiger charge is -2.24. The molecule has 0 saturated heterocycles. The third kappa shape index (κ3) is 12.8. The highest BCUT2D eigenvalue weighted by Crippen LogP contribution is 2.21. The lowest BCUT2D eigenvalue weighted by atomic mass is 10.2. The number of carbonyl (C=O) groups is 2. The topological polar surface area (TPSA) is 114 Å². The molecule has 10 heteroatoms. The van der Waals surface area contributed by atoms with Gasteiger partial charge in [-0.1, -0.05) is 20.3 Å². The molecule has 0 heterocycles. The summed E-state index contributed by atoms with van der Waals surface area (Å²) in [5, 5.41) is 5.32. The number of amides is 2. The van der Waals surface area contributed by atoms with Gasteiger partial charge >= 0.3 is 12.2 Å². The molecule has 35 heavy (non-hydrogen) atoms. The van der Waals surface area contributed by atoms with Crippen LogP contribution >= 0.6 is 0 Å². The minimum Gasteiger partial charge on any atom is -0.444 e. The zero-order valence-electron chi connectivity index (χ0n) is 22.4. The molecule has 9 nitrogen and oxygen atoms in total. The predicted molar refractivity (Wildman–Crippen MR) is 138 cm³/mol. The molecule has 0 radical (unpaired) electrons. The van der Waals surface area contributed by atoms with Crippen LogP contribution in [-0.2, 0) is 19.5 Å². The highest BCUT2D eigenvalue weighted by atomic mass is 32.2. The van der Waals surface area contributed by atoms with Crippen molar-refractivity contribution >= 4 is 27.9 Å². The number of hydrogen-bond donors (Lipinski definition) is 2. The van der Waals surface area contributed by atoms with Gasteiger partial charge in [-0.05, 0) is 84.6 Å². The number of anilines is 1. The zero-order valence-corrected chi connectivity index (χ0v) is 23.3. The van der Waals surface area contributed by atoms with Gasteiger partial charge in [0, 0.05) is 25.3 Å². The van der Waals surface area contributed by atoms with E-state index < -0.39 is 33.4 Å². The Kier molecular flexibility index (Phi) is 11.5. The van der Waals surface area contributed by atoms with E-state index in [1.165, 1.54) is 16.4 Å². The standard InChI is InChI=1S/C25H43N3O6S/c1-19(2)18-28(17-11-9-10-16-26-22(29)33-24(3,4)5)35(31,32)21-14-12-20(13-15-21)27-23(30)34-25(6,7)8/h12-15,19H,9-11,16-18H2,1-8H3,(H,26,29)(H,27,30). The Labute approximate surface area is 211 Å². The summed E-state index contributed by atoms with van der Waals surface area (Å²) in [4.78, 5) is 23.8. The van der Waals surface area contributed by atoms with E-state index in [1.54, 1.807) is 53.7 Å². The molecule has 0 atom stereocenters. The van der Waals surface area contributed by atoms with Crippen molar-refractivity contribution in [2.45, 2.75) is 90.7 Å². The second-order valence-electron chi connectivity index (χ2n) is 10.9. The lowest BCUT2D eigenvalue weighted by Crippen LogP contribution is -2.35. The average molecular weight is 514 g/mol. The van der Waals surface area contributed by atoms with Crippen molar-refractivity contribution in [3.8, 4) is 0 Å². The van der Waals surface area contributed by atoms with Gasteiger partial charge in [-0.2, -0.15) is 4.31 Å². The molecular formula is C25H43N3O6S. The highest BCUT2D eigenvalue weighted by molar-refractivity contribution is 7.89. The normalized spacial score (nSPS) is 12.5. The van der Waals surface area contributed by atoms with Gasteiger partial charge in [0.2, 0.25) is 10.0 Å². The Morgan fingerprint density at radius 3 is 1.94 bits per heavy atom. The first-order valence-electron chi connectivity index (χ1n) is 12.1. The molecule has 1 rings (SSSR count). The first-order valence-corrected chi connectivity index (χ1v) is 13.5. The summed E-state index contributed by atoms with van der Waals surface area (Å²) >= 11 is 0. The lowest BCUT2D eigenvalue weighted by molar-refractivity contribution is 0.0525. The molecule has 0 spiro atoms. The number of carbonyl (C=O) groups excluding carboxylic acids is 2. The zero-order chi connectivity index (χ0) is 26.9. The van der Waals surface area contributed by atoms with E-state index in [4.69, 9.17) is 9.47 Å². The van der Waals surface area contributed by atoms with E-state index in [-0.39, 0.29) is 10.8 Å². The van der Waals surface area contributed by atoms with Crippen LogP contribution in [0.1, 0.15) is 74.7 Å². The SMILES string of the molecule is CC(C)CN(CCCCCNC(=O)OC(C)(C)C)S(=O)(=O)c1ccc(NC(=O)OC(C)(C)C)cc1. The molecule has 0 unspecified atom stereocenters. The number of nitrogens with zero attached hydrogens (tertiary/aromatic N) is 1. The van der Waals surface area contributed by atoms with E-state index in [1.807, 2.05) is 13.8 Å². The summed E-state index contributed by atoms with van der Waals surface area (Å²) in [6, 6.07) is 6.07. The van der Waals surface area contributed by atoms with Crippen LogP contribution in [-0.4, -0.2) is 55.7 Å². The summed E-state index contributed by atoms with van der Waals surface area (Å²) in [5.74, 6) is 0.159. The minimum atomic E-state index is -3.70. The van der Waals surface area contributed by atoms with Gasteiger partial charge < -0.3 is 14.8 Å². The number of rotatable bonds is 11. The molecule has 0 fully saturated rings. The number of sulfonamides is 1. The molecule has 1 aromatic rings. The van der Waals surface area contributed by atoms with E-state index in [9.17, 15) is 18.0 Å². The molecule has 1 aromatic carbocycles. The van der Waals surface area contributed by atoms with Gasteiger partial charge in [-0.25, -0.2) is 18.0 Å². The van der Waals surface area contributed by atoms with E-state index in [2.05, 4.69) is 10.6 Å². The van der Waals surface area contributed by atoms with Crippen LogP contribution in [0.4, 0.5) is 15.3 Å². The molecule has 0 aromatic heterocycles. The maximum absolute atomic E-state index is 13.3. The Bertz CT molecular complexity index is 916. The van der Waals surface area contributed by atoms with E-state index in [0.29, 0.717) is 31.7 Å². The number of alkyl carbamates (subject to hydrolysis) is 1. The molecule has 2 amide bonds. The van der Waals surface area contributed by atoms with Crippen LogP contribution in [0.3, 0.4) is 0 Å². The van der Waals surface area contributed by atoms with Gasteiger partial charge in [-0.3, -0.25) is 5.32 Å². The Balaban J connectivity index is 2.67. The first kappa shape index (κ1) is 30.7. The fourth-order valence-electron chi connectivity index (χ4n) is 3.09. The smallest absolute Gasteiger partial charge is 0.412 e. The van der Waals surface area contributed by atoms with Crippen LogP contribution in [0.2, 0.25) is 0 Å². The fraction of sp³-hybridized carbons (Fsp3) is 0.680. The summed E-state index contributed by atoms with van der Waals surface area (Å²) in [5.41, 5.74) is -0.720. The third-order valence-electron chi connectivity index (χ3n) is 4.46. The fourth-order valence-corrected chi connectivity index (χ4v) is 4.73. The second kappa shape index (κ2) is 13.1. The molecule has 0 aliphatic heterocycles. The minimum absolute atomic E-state index is 0.159. The maximum Gasteiger partial charge on any atom is 0.412 e. The maximum atomic E-state index is 13.3. The second-order valence-corrected chi connectivity index (χ2v) is 12.8. The summed E-state index contributed by atoms with van der Waals surface area (Å²) in [6.07, 6.45) is 1.10.